The van der Waals surface area contributed by atoms with Crippen LogP contribution in [0, 0.1) is 16.2 Å². The Hall–Kier alpha value is -3.23. The number of rotatable bonds is 33. The Labute approximate surface area is 342 Å². The van der Waals surface area contributed by atoms with Crippen molar-refractivity contribution in [2.24, 2.45) is 16.2 Å². The van der Waals surface area contributed by atoms with Crippen LogP contribution in [0.3, 0.4) is 0 Å². The van der Waals surface area contributed by atoms with Gasteiger partial charge >= 0.3 is 41.8 Å². The van der Waals surface area contributed by atoms with Crippen LogP contribution in [-0.2, 0) is 66.7 Å². The molecule has 0 saturated heterocycles. The van der Waals surface area contributed by atoms with E-state index < -0.39 is 58.0 Å². The maximum Gasteiger partial charge on any atom is 0.323 e. The molecule has 0 aromatic heterocycles. The van der Waals surface area contributed by atoms with E-state index in [1.54, 1.807) is 48.5 Å². The van der Waals surface area contributed by atoms with Crippen molar-refractivity contribution in [3.05, 3.63) is 0 Å². The molecule has 0 saturated carbocycles. The summed E-state index contributed by atoms with van der Waals surface area (Å²) >= 11 is 3.42. The van der Waals surface area contributed by atoms with Crippen molar-refractivity contribution in [2.75, 3.05) is 51.6 Å². The van der Waals surface area contributed by atoms with Crippen LogP contribution >= 0.6 is 15.9 Å². The summed E-state index contributed by atoms with van der Waals surface area (Å²) in [6.45, 7) is 12.1. The van der Waals surface area contributed by atoms with E-state index in [4.69, 9.17) is 33.2 Å². The van der Waals surface area contributed by atoms with Gasteiger partial charge in [0.1, 0.15) is 0 Å². The summed E-state index contributed by atoms with van der Waals surface area (Å²) in [5, 5.41) is 0.806. The fourth-order valence-electron chi connectivity index (χ4n) is 6.77. The normalized spacial score (nSPS) is 11.6. The lowest BCUT2D eigenvalue weighted by molar-refractivity contribution is -0.175. The first-order chi connectivity index (χ1) is 26.8. The van der Waals surface area contributed by atoms with Gasteiger partial charge in [-0.3, -0.25) is 33.6 Å². The molecule has 15 heteroatoms. The van der Waals surface area contributed by atoms with E-state index in [0.717, 1.165) is 18.2 Å². The third kappa shape index (κ3) is 16.7. The van der Waals surface area contributed by atoms with Crippen molar-refractivity contribution < 1.29 is 66.7 Å². The van der Waals surface area contributed by atoms with Gasteiger partial charge in [0.15, 0.2) is 16.2 Å². The molecule has 0 aliphatic carbocycles. The predicted octanol–water partition coefficient (Wildman–Crippen LogP) is 7.52. The summed E-state index contributed by atoms with van der Waals surface area (Å²) in [5.41, 5.74) is -4.84. The summed E-state index contributed by atoms with van der Waals surface area (Å²) in [6, 6.07) is 0. The van der Waals surface area contributed by atoms with Crippen LogP contribution in [-0.4, -0.2) is 93.4 Å². The van der Waals surface area contributed by atoms with E-state index in [2.05, 4.69) is 15.9 Å². The second-order valence-electron chi connectivity index (χ2n) is 13.5. The molecule has 0 N–H and O–H groups in total. The molecule has 56 heavy (non-hydrogen) atoms. The maximum atomic E-state index is 13.6. The molecular weight excluding hydrogens is 796 g/mol. The first-order valence-corrected chi connectivity index (χ1v) is 21.7. The lowest BCUT2D eigenvalue weighted by Crippen LogP contribution is -2.43. The minimum atomic E-state index is -1.74. The van der Waals surface area contributed by atoms with E-state index >= 15 is 0 Å². The minimum absolute atomic E-state index is 0.00861. The molecule has 0 amide bonds. The Kier molecular flexibility index (Phi) is 28.2. The zero-order valence-corrected chi connectivity index (χ0v) is 36.6. The van der Waals surface area contributed by atoms with Crippen LogP contribution in [0.2, 0.25) is 0 Å². The number of halogens is 1. The van der Waals surface area contributed by atoms with E-state index in [1.165, 1.54) is 0 Å². The highest BCUT2D eigenvalue weighted by molar-refractivity contribution is 9.09. The zero-order valence-electron chi connectivity index (χ0n) is 35.1. The first kappa shape index (κ1) is 52.8. The lowest BCUT2D eigenvalue weighted by Gasteiger charge is -2.31. The fourth-order valence-corrected chi connectivity index (χ4v) is 7.17. The molecule has 324 valence electrons. The highest BCUT2D eigenvalue weighted by atomic mass is 79.9. The number of carbonyl (C=O) groups is 7. The Morgan fingerprint density at radius 2 is 0.571 bits per heavy atom. The average molecular weight is 866 g/mol. The van der Waals surface area contributed by atoms with Gasteiger partial charge in [0, 0.05) is 11.8 Å². The van der Waals surface area contributed by atoms with Gasteiger partial charge in [-0.2, -0.15) is 0 Å². The van der Waals surface area contributed by atoms with Crippen molar-refractivity contribution >= 4 is 57.7 Å². The van der Waals surface area contributed by atoms with Crippen LogP contribution in [0.4, 0.5) is 0 Å². The van der Waals surface area contributed by atoms with Crippen LogP contribution in [0.25, 0.3) is 0 Å². The number of esters is 7. The summed E-state index contributed by atoms with van der Waals surface area (Å²) in [6.07, 6.45) is 4.93. The molecule has 0 spiro atoms. The smallest absolute Gasteiger partial charge is 0.323 e. The molecule has 14 nitrogen and oxygen atoms in total. The molecule has 0 fully saturated rings. The summed E-state index contributed by atoms with van der Waals surface area (Å²) in [7, 11) is 0. The predicted molar refractivity (Wildman–Crippen MR) is 211 cm³/mol. The first-order valence-electron chi connectivity index (χ1n) is 20.6. The van der Waals surface area contributed by atoms with Gasteiger partial charge in [0.25, 0.3) is 0 Å². The minimum Gasteiger partial charge on any atom is -0.466 e. The summed E-state index contributed by atoms with van der Waals surface area (Å²) < 4.78 is 37.3. The molecule has 0 radical (unpaired) electrons. The largest absolute Gasteiger partial charge is 0.466 e. The molecule has 0 heterocycles. The molecule has 0 aliphatic heterocycles. The van der Waals surface area contributed by atoms with Crippen LogP contribution in [0.15, 0.2) is 0 Å². The second-order valence-corrected chi connectivity index (χ2v) is 14.3. The Bertz CT molecular complexity index is 1150. The molecule has 0 atom stereocenters. The molecule has 0 bridgehead atoms. The SMILES string of the molecule is CCOC(=O)CCC(CCCCCC(CCCCCC(CCCCCBr)(C(=O)OCC)C(=O)OCC)(C(=O)OCC)C(=O)OCC)(C(=O)OCC)C(=O)OCC. The highest BCUT2D eigenvalue weighted by Crippen LogP contribution is 2.39. The van der Waals surface area contributed by atoms with E-state index in [-0.39, 0.29) is 91.2 Å². The molecule has 0 aromatic carbocycles. The number of alkyl halides is 1. The number of hydrogen-bond acceptors (Lipinski definition) is 14. The molecule has 0 aromatic rings. The summed E-state index contributed by atoms with van der Waals surface area (Å²) in [5.74, 6) is -4.77. The monoisotopic (exact) mass is 864 g/mol. The third-order valence-electron chi connectivity index (χ3n) is 9.71. The van der Waals surface area contributed by atoms with Gasteiger partial charge in [-0.05, 0) is 93.4 Å². The van der Waals surface area contributed by atoms with Gasteiger partial charge in [-0.15, -0.1) is 0 Å². The van der Waals surface area contributed by atoms with E-state index in [9.17, 15) is 33.6 Å². The van der Waals surface area contributed by atoms with Crippen molar-refractivity contribution in [3.8, 4) is 0 Å². The number of unbranched alkanes of at least 4 members (excludes halogenated alkanes) is 6. The molecule has 0 unspecified atom stereocenters. The van der Waals surface area contributed by atoms with Gasteiger partial charge in [-0.1, -0.05) is 67.3 Å². The highest BCUT2D eigenvalue weighted by Gasteiger charge is 2.51. The topological polar surface area (TPSA) is 184 Å². The number of ether oxygens (including phenoxy) is 7. The number of hydrogen-bond donors (Lipinski definition) is 0. The van der Waals surface area contributed by atoms with Gasteiger partial charge in [0.05, 0.1) is 46.2 Å². The quantitative estimate of drug-likeness (QED) is 0.0207. The molecular formula is C41H69BrO14. The van der Waals surface area contributed by atoms with E-state index in [1.807, 2.05) is 0 Å². The van der Waals surface area contributed by atoms with Crippen LogP contribution in [0.1, 0.15) is 151 Å². The average Bonchev–Trinajstić information content (AvgIpc) is 3.16. The van der Waals surface area contributed by atoms with E-state index in [0.29, 0.717) is 44.9 Å². The molecule has 0 rings (SSSR count). The Morgan fingerprint density at radius 3 is 0.804 bits per heavy atom. The van der Waals surface area contributed by atoms with Crippen LogP contribution < -0.4 is 0 Å². The molecule has 0 aliphatic rings. The van der Waals surface area contributed by atoms with Crippen molar-refractivity contribution in [1.29, 1.82) is 0 Å². The van der Waals surface area contributed by atoms with Crippen molar-refractivity contribution in [2.45, 2.75) is 151 Å². The lowest BCUT2D eigenvalue weighted by atomic mass is 9.75. The zero-order chi connectivity index (χ0) is 42.5. The van der Waals surface area contributed by atoms with Crippen molar-refractivity contribution in [3.63, 3.8) is 0 Å². The Morgan fingerprint density at radius 1 is 0.339 bits per heavy atom. The second kappa shape index (κ2) is 29.9. The standard InChI is InChI=1S/C41H69BrO14/c1-8-50-32(43)24-30-41(37(48)55-13-6,38(49)56-14-7)29-21-16-20-26-39(33(44)51-9-2,34(45)52-10-3)25-18-15-19-27-40(35(46)53-11-4,36(47)54-12-5)28-22-17-23-31-42/h8-31H2,1-7H3. The van der Waals surface area contributed by atoms with Gasteiger partial charge in [0.2, 0.25) is 0 Å². The Balaban J connectivity index is 6.22. The maximum absolute atomic E-state index is 13.6. The fraction of sp³-hybridized carbons (Fsp3) is 0.829. The van der Waals surface area contributed by atoms with Gasteiger partial charge < -0.3 is 33.2 Å². The third-order valence-corrected chi connectivity index (χ3v) is 10.3. The van der Waals surface area contributed by atoms with Crippen LogP contribution in [0.5, 0.6) is 0 Å². The van der Waals surface area contributed by atoms with Gasteiger partial charge in [-0.25, -0.2) is 0 Å². The number of carbonyl (C=O) groups excluding carboxylic acids is 7. The van der Waals surface area contributed by atoms with Crippen molar-refractivity contribution in [1.82, 2.24) is 0 Å². The summed E-state index contributed by atoms with van der Waals surface area (Å²) in [4.78, 5) is 92.8.